The highest BCUT2D eigenvalue weighted by Gasteiger charge is 2.23. The zero-order valence-electron chi connectivity index (χ0n) is 12.9. The van der Waals surface area contributed by atoms with Crippen molar-refractivity contribution < 1.29 is 9.53 Å². The lowest BCUT2D eigenvalue weighted by Crippen LogP contribution is -2.43. The van der Waals surface area contributed by atoms with E-state index in [1.807, 2.05) is 37.4 Å². The Hall–Kier alpha value is -2.05. The quantitative estimate of drug-likeness (QED) is 0.902. The number of imidazole rings is 1. The summed E-state index contributed by atoms with van der Waals surface area (Å²) in [4.78, 5) is 15.9. The van der Waals surface area contributed by atoms with Crippen LogP contribution in [-0.2, 0) is 17.9 Å². The summed E-state index contributed by atoms with van der Waals surface area (Å²) in [5, 5.41) is 6.21. The van der Waals surface area contributed by atoms with Gasteiger partial charge in [0, 0.05) is 23.7 Å². The van der Waals surface area contributed by atoms with Crippen LogP contribution in [0.5, 0.6) is 0 Å². The van der Waals surface area contributed by atoms with E-state index in [1.165, 1.54) is 0 Å². The number of rotatable bonds is 4. The van der Waals surface area contributed by atoms with E-state index in [1.54, 1.807) is 0 Å². The molecule has 7 heteroatoms. The molecule has 0 aliphatic carbocycles. The third-order valence-corrected chi connectivity index (χ3v) is 3.96. The molecule has 23 heavy (non-hydrogen) atoms. The first kappa shape index (κ1) is 15.8. The van der Waals surface area contributed by atoms with Crippen LogP contribution in [0.25, 0.3) is 11.3 Å². The number of hydrogen-bond acceptors (Lipinski definition) is 3. The largest absolute Gasteiger partial charge is 0.367 e. The van der Waals surface area contributed by atoms with E-state index < -0.39 is 0 Å². The second kappa shape index (κ2) is 7.02. The lowest BCUT2D eigenvalue weighted by molar-refractivity contribution is 0.00493. The molecule has 0 saturated carbocycles. The smallest absolute Gasteiger partial charge is 0.314 e. The molecule has 1 atom stereocenters. The first-order valence-electron chi connectivity index (χ1n) is 7.61. The number of benzene rings is 1. The summed E-state index contributed by atoms with van der Waals surface area (Å²) < 4.78 is 7.88. The number of aromatic nitrogens is 2. The van der Waals surface area contributed by atoms with Crippen LogP contribution < -0.4 is 10.6 Å². The van der Waals surface area contributed by atoms with Crippen molar-refractivity contribution in [2.75, 3.05) is 13.1 Å². The van der Waals surface area contributed by atoms with Crippen LogP contribution >= 0.6 is 11.6 Å². The average Bonchev–Trinajstić information content (AvgIpc) is 2.96. The van der Waals surface area contributed by atoms with E-state index >= 15 is 0 Å². The number of nitrogens with zero attached hydrogens (tertiary/aromatic N) is 2. The number of nitrogens with one attached hydrogen (secondary N) is 2. The molecule has 1 aromatic heterocycles. The van der Waals surface area contributed by atoms with Crippen LogP contribution in [0.2, 0.25) is 5.02 Å². The summed E-state index contributed by atoms with van der Waals surface area (Å²) in [6, 6.07) is 7.52. The Morgan fingerprint density at radius 2 is 2.35 bits per heavy atom. The van der Waals surface area contributed by atoms with Crippen molar-refractivity contribution in [1.29, 1.82) is 0 Å². The van der Waals surface area contributed by atoms with Crippen LogP contribution in [-0.4, -0.2) is 34.8 Å². The molecule has 0 fully saturated rings. The van der Waals surface area contributed by atoms with Gasteiger partial charge in [-0.15, -0.1) is 0 Å². The van der Waals surface area contributed by atoms with E-state index in [-0.39, 0.29) is 12.1 Å². The lowest BCUT2D eigenvalue weighted by Gasteiger charge is -2.26. The van der Waals surface area contributed by atoms with Gasteiger partial charge >= 0.3 is 6.03 Å². The summed E-state index contributed by atoms with van der Waals surface area (Å²) in [7, 11) is 0. The van der Waals surface area contributed by atoms with Crippen LogP contribution in [0, 0.1) is 0 Å². The first-order chi connectivity index (χ1) is 11.2. The number of urea groups is 1. The number of carbonyl (C=O) groups excluding carboxylic acids is 1. The minimum atomic E-state index is -0.178. The Balaban J connectivity index is 1.72. The van der Waals surface area contributed by atoms with Crippen molar-refractivity contribution in [3.63, 3.8) is 0 Å². The number of ether oxygens (including phenoxy) is 1. The number of amides is 2. The van der Waals surface area contributed by atoms with Gasteiger partial charge in [-0.25, -0.2) is 9.78 Å². The standard InChI is InChI=1S/C16H19ClN4O2/c1-2-18-16(22)20-7-13-9-21-14(8-19-15(21)10-23-13)11-4-3-5-12(17)6-11/h3-6,8,13H,2,7,9-10H2,1H3,(H2,18,20,22). The SMILES string of the molecule is CCNC(=O)NCC1Cn2c(-c3cccc(Cl)c3)cnc2CO1. The molecule has 2 N–H and O–H groups in total. The van der Waals surface area contributed by atoms with Gasteiger partial charge in [-0.2, -0.15) is 0 Å². The molecule has 0 saturated heterocycles. The zero-order valence-corrected chi connectivity index (χ0v) is 13.6. The first-order valence-corrected chi connectivity index (χ1v) is 7.99. The molecule has 2 heterocycles. The number of hydrogen-bond donors (Lipinski definition) is 2. The van der Waals surface area contributed by atoms with Crippen LogP contribution in [0.4, 0.5) is 4.79 Å². The van der Waals surface area contributed by atoms with Gasteiger partial charge in [0.2, 0.25) is 0 Å². The van der Waals surface area contributed by atoms with E-state index in [0.29, 0.717) is 31.3 Å². The molecule has 0 spiro atoms. The van der Waals surface area contributed by atoms with E-state index in [4.69, 9.17) is 16.3 Å². The molecule has 1 aliphatic rings. The molecule has 3 rings (SSSR count). The lowest BCUT2D eigenvalue weighted by atomic mass is 10.1. The third-order valence-electron chi connectivity index (χ3n) is 3.72. The Morgan fingerprint density at radius 1 is 1.48 bits per heavy atom. The van der Waals surface area contributed by atoms with Gasteiger partial charge in [0.25, 0.3) is 0 Å². The molecule has 6 nitrogen and oxygen atoms in total. The van der Waals surface area contributed by atoms with Gasteiger partial charge in [0.15, 0.2) is 0 Å². The monoisotopic (exact) mass is 334 g/mol. The molecule has 122 valence electrons. The van der Waals surface area contributed by atoms with E-state index in [0.717, 1.165) is 17.1 Å². The molecular weight excluding hydrogens is 316 g/mol. The van der Waals surface area contributed by atoms with Crippen LogP contribution in [0.3, 0.4) is 0 Å². The normalized spacial score (nSPS) is 16.7. The van der Waals surface area contributed by atoms with Crippen molar-refractivity contribution in [1.82, 2.24) is 20.2 Å². The molecule has 0 bridgehead atoms. The Bertz CT molecular complexity index is 701. The summed E-state index contributed by atoms with van der Waals surface area (Å²) in [5.74, 6) is 0.884. The van der Waals surface area contributed by atoms with Gasteiger partial charge in [-0.1, -0.05) is 23.7 Å². The van der Waals surface area contributed by atoms with Crippen molar-refractivity contribution in [3.05, 3.63) is 41.3 Å². The average molecular weight is 335 g/mol. The molecule has 2 aromatic rings. The summed E-state index contributed by atoms with van der Waals surface area (Å²) in [6.45, 7) is 4.01. The molecule has 0 radical (unpaired) electrons. The van der Waals surface area contributed by atoms with Crippen LogP contribution in [0.15, 0.2) is 30.5 Å². The van der Waals surface area contributed by atoms with Crippen molar-refractivity contribution >= 4 is 17.6 Å². The minimum Gasteiger partial charge on any atom is -0.367 e. The van der Waals surface area contributed by atoms with E-state index in [2.05, 4.69) is 20.2 Å². The maximum absolute atomic E-state index is 11.5. The van der Waals surface area contributed by atoms with Crippen molar-refractivity contribution in [3.8, 4) is 11.3 Å². The Labute approximate surface area is 139 Å². The summed E-state index contributed by atoms with van der Waals surface area (Å²) >= 11 is 6.08. The van der Waals surface area contributed by atoms with Gasteiger partial charge in [-0.05, 0) is 19.1 Å². The second-order valence-electron chi connectivity index (χ2n) is 5.35. The predicted octanol–water partition coefficient (Wildman–Crippen LogP) is 2.42. The fourth-order valence-electron chi connectivity index (χ4n) is 2.61. The zero-order chi connectivity index (χ0) is 16.2. The highest BCUT2D eigenvalue weighted by molar-refractivity contribution is 6.30. The maximum atomic E-state index is 11.5. The highest BCUT2D eigenvalue weighted by atomic mass is 35.5. The van der Waals surface area contributed by atoms with Gasteiger partial charge < -0.3 is 19.9 Å². The van der Waals surface area contributed by atoms with Crippen molar-refractivity contribution in [2.24, 2.45) is 0 Å². The van der Waals surface area contributed by atoms with Gasteiger partial charge in [0.05, 0.1) is 24.5 Å². The molecular formula is C16H19ClN4O2. The fourth-order valence-corrected chi connectivity index (χ4v) is 2.80. The fraction of sp³-hybridized carbons (Fsp3) is 0.375. The summed E-state index contributed by atoms with van der Waals surface area (Å²) in [6.07, 6.45) is 1.75. The predicted molar refractivity (Wildman–Crippen MR) is 88.3 cm³/mol. The molecule has 1 aromatic carbocycles. The molecule has 1 unspecified atom stereocenters. The summed E-state index contributed by atoms with van der Waals surface area (Å²) in [5.41, 5.74) is 2.03. The maximum Gasteiger partial charge on any atom is 0.314 e. The minimum absolute atomic E-state index is 0.0859. The van der Waals surface area contributed by atoms with Gasteiger partial charge in [-0.3, -0.25) is 0 Å². The van der Waals surface area contributed by atoms with Gasteiger partial charge in [0.1, 0.15) is 12.4 Å². The van der Waals surface area contributed by atoms with Crippen molar-refractivity contribution in [2.45, 2.75) is 26.2 Å². The number of carbonyl (C=O) groups is 1. The topological polar surface area (TPSA) is 68.2 Å². The Kier molecular flexibility index (Phi) is 4.83. The number of halogens is 1. The van der Waals surface area contributed by atoms with E-state index in [9.17, 15) is 4.79 Å². The molecule has 2 amide bonds. The highest BCUT2D eigenvalue weighted by Crippen LogP contribution is 2.26. The molecule has 1 aliphatic heterocycles. The third kappa shape index (κ3) is 3.65. The second-order valence-corrected chi connectivity index (χ2v) is 5.79. The number of fused-ring (bicyclic) bond motifs is 1. The Morgan fingerprint density at radius 3 is 3.13 bits per heavy atom. The van der Waals surface area contributed by atoms with Crippen LogP contribution in [0.1, 0.15) is 12.7 Å².